The van der Waals surface area contributed by atoms with Crippen molar-refractivity contribution in [2.45, 2.75) is 57.6 Å². The third kappa shape index (κ3) is 6.17. The van der Waals surface area contributed by atoms with Gasteiger partial charge in [0.1, 0.15) is 5.75 Å². The van der Waals surface area contributed by atoms with Crippen LogP contribution in [0.2, 0.25) is 0 Å². The summed E-state index contributed by atoms with van der Waals surface area (Å²) in [5.74, 6) is -1.14. The van der Waals surface area contributed by atoms with E-state index in [-0.39, 0.29) is 50.4 Å². The van der Waals surface area contributed by atoms with E-state index in [1.165, 1.54) is 0 Å². The van der Waals surface area contributed by atoms with Gasteiger partial charge >= 0.3 is 0 Å². The average molecular weight is 690 g/mol. The summed E-state index contributed by atoms with van der Waals surface area (Å²) in [7, 11) is 0. The van der Waals surface area contributed by atoms with E-state index in [9.17, 15) is 24.6 Å². The molecule has 0 aromatic heterocycles. The van der Waals surface area contributed by atoms with E-state index >= 15 is 0 Å². The van der Waals surface area contributed by atoms with E-state index in [1.807, 2.05) is 110 Å². The van der Waals surface area contributed by atoms with Crippen molar-refractivity contribution in [1.29, 1.82) is 0 Å². The molecule has 3 amide bonds. The standard InChI is InChI=1S/C41H43N3O7/c1-27-38(40(2,3)49)35(23-36(46)42(20-21-45)24-28-12-5-4-6-13-28)51-41(27)31-16-7-8-17-32(31)43(39(41)48)25-29-14-11-15-30(22-29)44-33-18-9-10-19-34(33)50-26-37(44)47/h4-19,22,27,35,38,45,49H,20-21,23-26H2,1-3H3/t27-,35+,38-,41+/m1/s1. The van der Waals surface area contributed by atoms with E-state index in [0.29, 0.717) is 34.9 Å². The minimum atomic E-state index is -1.44. The molecule has 0 unspecified atom stereocenters. The van der Waals surface area contributed by atoms with Crippen molar-refractivity contribution in [2.24, 2.45) is 11.8 Å². The molecule has 1 saturated heterocycles. The van der Waals surface area contributed by atoms with Gasteiger partial charge in [0.25, 0.3) is 11.8 Å². The Morgan fingerprint density at radius 1 is 0.922 bits per heavy atom. The Morgan fingerprint density at radius 3 is 2.35 bits per heavy atom. The smallest absolute Gasteiger partial charge is 0.269 e. The van der Waals surface area contributed by atoms with Gasteiger partial charge in [-0.1, -0.05) is 79.7 Å². The first-order chi connectivity index (χ1) is 24.5. The number of aliphatic hydroxyl groups is 2. The van der Waals surface area contributed by atoms with E-state index in [0.717, 1.165) is 11.1 Å². The number of aliphatic hydroxyl groups excluding tert-OH is 1. The monoisotopic (exact) mass is 689 g/mol. The number of carbonyl (C=O) groups excluding carboxylic acids is 3. The molecule has 0 bridgehead atoms. The van der Waals surface area contributed by atoms with Crippen molar-refractivity contribution < 1.29 is 34.1 Å². The second-order valence-electron chi connectivity index (χ2n) is 14.2. The molecule has 0 aliphatic carbocycles. The topological polar surface area (TPSA) is 120 Å². The minimum Gasteiger partial charge on any atom is -0.482 e. The minimum absolute atomic E-state index is 0.0693. The van der Waals surface area contributed by atoms with Crippen LogP contribution in [0.1, 0.15) is 43.9 Å². The van der Waals surface area contributed by atoms with Crippen LogP contribution in [-0.4, -0.2) is 64.3 Å². The molecule has 3 aliphatic heterocycles. The molecule has 1 spiro atoms. The van der Waals surface area contributed by atoms with Crippen molar-refractivity contribution in [1.82, 2.24) is 4.90 Å². The molecule has 3 aliphatic rings. The van der Waals surface area contributed by atoms with Gasteiger partial charge in [-0.3, -0.25) is 19.3 Å². The molecule has 4 aromatic rings. The summed E-state index contributed by atoms with van der Waals surface area (Å²) < 4.78 is 12.5. The zero-order valence-electron chi connectivity index (χ0n) is 29.1. The summed E-state index contributed by atoms with van der Waals surface area (Å²) in [4.78, 5) is 46.8. The molecule has 3 heterocycles. The lowest BCUT2D eigenvalue weighted by molar-refractivity contribution is -0.150. The maximum absolute atomic E-state index is 14.9. The molecule has 264 valence electrons. The Kier molecular flexibility index (Phi) is 9.18. The van der Waals surface area contributed by atoms with Crippen molar-refractivity contribution in [3.05, 3.63) is 120 Å². The number of hydrogen-bond acceptors (Lipinski definition) is 7. The van der Waals surface area contributed by atoms with Gasteiger partial charge in [0.05, 0.1) is 42.7 Å². The molecular weight excluding hydrogens is 646 g/mol. The van der Waals surface area contributed by atoms with Crippen LogP contribution in [-0.2, 0) is 37.8 Å². The normalized spacial score (nSPS) is 22.6. The lowest BCUT2D eigenvalue weighted by Gasteiger charge is -2.34. The maximum atomic E-state index is 14.9. The first-order valence-corrected chi connectivity index (χ1v) is 17.4. The predicted molar refractivity (Wildman–Crippen MR) is 192 cm³/mol. The number of para-hydroxylation sites is 3. The molecule has 51 heavy (non-hydrogen) atoms. The Bertz CT molecular complexity index is 1940. The Labute approximate surface area is 297 Å². The van der Waals surface area contributed by atoms with E-state index in [4.69, 9.17) is 9.47 Å². The molecular formula is C41H43N3O7. The third-order valence-electron chi connectivity index (χ3n) is 10.4. The number of carbonyl (C=O) groups is 3. The largest absolute Gasteiger partial charge is 0.482 e. The second kappa shape index (κ2) is 13.6. The Hall–Kier alpha value is -5.03. The van der Waals surface area contributed by atoms with Crippen LogP contribution in [0.5, 0.6) is 5.75 Å². The quantitative estimate of drug-likeness (QED) is 0.231. The Morgan fingerprint density at radius 2 is 1.61 bits per heavy atom. The van der Waals surface area contributed by atoms with Crippen LogP contribution in [0.15, 0.2) is 103 Å². The van der Waals surface area contributed by atoms with Crippen LogP contribution >= 0.6 is 0 Å². The highest BCUT2D eigenvalue weighted by Gasteiger charge is 2.66. The van der Waals surface area contributed by atoms with Gasteiger partial charge in [0.2, 0.25) is 5.91 Å². The van der Waals surface area contributed by atoms with Crippen molar-refractivity contribution in [2.75, 3.05) is 29.6 Å². The van der Waals surface area contributed by atoms with Gasteiger partial charge in [0.15, 0.2) is 12.2 Å². The molecule has 7 rings (SSSR count). The van der Waals surface area contributed by atoms with E-state index in [1.54, 1.807) is 28.5 Å². The fourth-order valence-corrected chi connectivity index (χ4v) is 8.27. The Balaban J connectivity index is 1.19. The van der Waals surface area contributed by atoms with Crippen LogP contribution < -0.4 is 14.5 Å². The molecule has 0 radical (unpaired) electrons. The van der Waals surface area contributed by atoms with Crippen molar-refractivity contribution in [3.8, 4) is 5.75 Å². The molecule has 10 nitrogen and oxygen atoms in total. The maximum Gasteiger partial charge on any atom is 0.269 e. The highest BCUT2D eigenvalue weighted by Crippen LogP contribution is 2.58. The molecule has 10 heteroatoms. The SMILES string of the molecule is C[C@@H]1[C@@H](C(C)(C)O)[C@H](CC(=O)N(CCO)Cc2ccccc2)O[C@@]12C(=O)N(Cc1cccc(N3C(=O)COc4ccccc43)c1)c1ccccc12. The molecule has 1 fully saturated rings. The van der Waals surface area contributed by atoms with Crippen molar-refractivity contribution in [3.63, 3.8) is 0 Å². The van der Waals surface area contributed by atoms with Crippen LogP contribution in [0.25, 0.3) is 0 Å². The molecule has 4 atom stereocenters. The van der Waals surface area contributed by atoms with Crippen LogP contribution in [0.4, 0.5) is 17.1 Å². The lowest BCUT2D eigenvalue weighted by Crippen LogP contribution is -2.46. The number of rotatable bonds is 10. The third-order valence-corrected chi connectivity index (χ3v) is 10.4. The average Bonchev–Trinajstić information content (AvgIpc) is 3.54. The molecule has 0 saturated carbocycles. The van der Waals surface area contributed by atoms with Crippen molar-refractivity contribution >= 4 is 34.8 Å². The van der Waals surface area contributed by atoms with Gasteiger partial charge in [-0.05, 0) is 55.3 Å². The number of ether oxygens (including phenoxy) is 2. The number of hydrogen-bond donors (Lipinski definition) is 2. The molecule has 2 N–H and O–H groups in total. The fraction of sp³-hybridized carbons (Fsp3) is 0.341. The summed E-state index contributed by atoms with van der Waals surface area (Å²) in [6.45, 7) is 5.71. The van der Waals surface area contributed by atoms with Crippen LogP contribution in [0.3, 0.4) is 0 Å². The first kappa shape index (κ1) is 34.4. The number of benzene rings is 4. The highest BCUT2D eigenvalue weighted by atomic mass is 16.5. The summed E-state index contributed by atoms with van der Waals surface area (Å²) in [5, 5.41) is 21.4. The highest BCUT2D eigenvalue weighted by molar-refractivity contribution is 6.08. The zero-order chi connectivity index (χ0) is 35.9. The summed E-state index contributed by atoms with van der Waals surface area (Å²) in [6.07, 6.45) is -0.850. The van der Waals surface area contributed by atoms with Gasteiger partial charge < -0.3 is 29.5 Å². The number of anilines is 3. The summed E-state index contributed by atoms with van der Waals surface area (Å²) in [6, 6.07) is 32.0. The number of fused-ring (bicyclic) bond motifs is 3. The predicted octanol–water partition coefficient (Wildman–Crippen LogP) is 5.32. The summed E-state index contributed by atoms with van der Waals surface area (Å²) >= 11 is 0. The molecule has 4 aromatic carbocycles. The van der Waals surface area contributed by atoms with Gasteiger partial charge in [-0.2, -0.15) is 0 Å². The number of nitrogens with zero attached hydrogens (tertiary/aromatic N) is 3. The second-order valence-corrected chi connectivity index (χ2v) is 14.2. The van der Waals surface area contributed by atoms with Gasteiger partial charge in [-0.25, -0.2) is 0 Å². The zero-order valence-corrected chi connectivity index (χ0v) is 29.1. The van der Waals surface area contributed by atoms with Crippen LogP contribution in [0, 0.1) is 11.8 Å². The van der Waals surface area contributed by atoms with Gasteiger partial charge in [-0.15, -0.1) is 0 Å². The number of amides is 3. The first-order valence-electron chi connectivity index (χ1n) is 17.4. The summed E-state index contributed by atoms with van der Waals surface area (Å²) in [5.41, 5.74) is 1.71. The fourth-order valence-electron chi connectivity index (χ4n) is 8.27. The van der Waals surface area contributed by atoms with E-state index in [2.05, 4.69) is 0 Å². The van der Waals surface area contributed by atoms with Gasteiger partial charge in [0, 0.05) is 36.2 Å². The van der Waals surface area contributed by atoms with E-state index < -0.39 is 29.1 Å². The lowest BCUT2D eigenvalue weighted by atomic mass is 9.71.